The summed E-state index contributed by atoms with van der Waals surface area (Å²) in [6, 6.07) is 0.521. The molecule has 0 aromatic heterocycles. The predicted octanol–water partition coefficient (Wildman–Crippen LogP) is 2.10. The summed E-state index contributed by atoms with van der Waals surface area (Å²) in [5.41, 5.74) is 1.45. The molecule has 0 radical (unpaired) electrons. The number of rotatable bonds is 3. The highest BCUT2D eigenvalue weighted by Gasteiger charge is 2.38. The molecule has 2 N–H and O–H groups in total. The molecule has 4 heteroatoms. The molecule has 23 heavy (non-hydrogen) atoms. The van der Waals surface area contributed by atoms with Crippen LogP contribution in [0.3, 0.4) is 0 Å². The molecule has 0 saturated carbocycles. The number of nitrogens with one attached hydrogen (secondary N) is 2. The van der Waals surface area contributed by atoms with Gasteiger partial charge in [-0.15, -0.1) is 0 Å². The standard InChI is InChI=1S/C19H31N3O/c1-22(2)17-6-5-13(11-16(17)18-4-3-9-23-18)15-10-14-7-8-20-19(14)21-12-15/h4,11,13-15,17,19-21H,3,5-10,12H2,1-2H3/t13?,14-,15?,17?,19?/m1/s1. The highest BCUT2D eigenvalue weighted by molar-refractivity contribution is 5.35. The zero-order valence-corrected chi connectivity index (χ0v) is 14.6. The summed E-state index contributed by atoms with van der Waals surface area (Å²) in [5.74, 6) is 3.49. The van der Waals surface area contributed by atoms with E-state index in [0.29, 0.717) is 18.1 Å². The van der Waals surface area contributed by atoms with Crippen LogP contribution in [-0.4, -0.2) is 50.9 Å². The van der Waals surface area contributed by atoms with E-state index in [9.17, 15) is 0 Å². The highest BCUT2D eigenvalue weighted by Crippen LogP contribution is 2.39. The zero-order chi connectivity index (χ0) is 15.8. The van der Waals surface area contributed by atoms with E-state index in [4.69, 9.17) is 4.74 Å². The van der Waals surface area contributed by atoms with E-state index in [1.165, 1.54) is 37.8 Å². The summed E-state index contributed by atoms with van der Waals surface area (Å²) in [4.78, 5) is 2.36. The molecule has 0 aromatic rings. The van der Waals surface area contributed by atoms with Crippen LogP contribution < -0.4 is 10.6 Å². The fourth-order valence-electron chi connectivity index (χ4n) is 5.03. The number of hydrogen-bond acceptors (Lipinski definition) is 4. The fraction of sp³-hybridized carbons (Fsp3) is 0.789. The zero-order valence-electron chi connectivity index (χ0n) is 14.6. The number of ether oxygens (including phenoxy) is 1. The van der Waals surface area contributed by atoms with Crippen molar-refractivity contribution in [2.45, 2.75) is 44.3 Å². The molecule has 2 saturated heterocycles. The van der Waals surface area contributed by atoms with Gasteiger partial charge in [-0.25, -0.2) is 0 Å². The van der Waals surface area contributed by atoms with Crippen molar-refractivity contribution in [3.63, 3.8) is 0 Å². The van der Waals surface area contributed by atoms with E-state index in [2.05, 4.69) is 41.8 Å². The topological polar surface area (TPSA) is 36.5 Å². The van der Waals surface area contributed by atoms with Crippen molar-refractivity contribution in [1.29, 1.82) is 0 Å². The summed E-state index contributed by atoms with van der Waals surface area (Å²) in [6.45, 7) is 3.21. The summed E-state index contributed by atoms with van der Waals surface area (Å²) in [6.07, 6.45) is 11.8. The van der Waals surface area contributed by atoms with Crippen LogP contribution >= 0.6 is 0 Å². The first kappa shape index (κ1) is 15.7. The minimum Gasteiger partial charge on any atom is -0.493 e. The van der Waals surface area contributed by atoms with Crippen molar-refractivity contribution in [1.82, 2.24) is 15.5 Å². The number of fused-ring (bicyclic) bond motifs is 1. The molecule has 0 bridgehead atoms. The van der Waals surface area contributed by atoms with Crippen LogP contribution in [0.4, 0.5) is 0 Å². The average Bonchev–Trinajstić information content (AvgIpc) is 3.25. The van der Waals surface area contributed by atoms with Gasteiger partial charge in [-0.2, -0.15) is 0 Å². The molecule has 4 rings (SSSR count). The summed E-state index contributed by atoms with van der Waals surface area (Å²) < 4.78 is 5.92. The van der Waals surface area contributed by atoms with Gasteiger partial charge < -0.3 is 20.3 Å². The number of nitrogens with zero attached hydrogens (tertiary/aromatic N) is 1. The Morgan fingerprint density at radius 2 is 2.04 bits per heavy atom. The van der Waals surface area contributed by atoms with Crippen molar-refractivity contribution < 1.29 is 4.74 Å². The lowest BCUT2D eigenvalue weighted by Gasteiger charge is -2.40. The van der Waals surface area contributed by atoms with Crippen LogP contribution in [0.2, 0.25) is 0 Å². The first-order valence-electron chi connectivity index (χ1n) is 9.40. The van der Waals surface area contributed by atoms with Gasteiger partial charge in [0.25, 0.3) is 0 Å². The Morgan fingerprint density at radius 3 is 2.83 bits per heavy atom. The quantitative estimate of drug-likeness (QED) is 0.836. The number of likely N-dealkylation sites (N-methyl/N-ethyl adjacent to an activating group) is 1. The van der Waals surface area contributed by atoms with E-state index in [0.717, 1.165) is 37.2 Å². The maximum absolute atomic E-state index is 5.92. The molecule has 128 valence electrons. The second-order valence-electron chi connectivity index (χ2n) is 7.93. The van der Waals surface area contributed by atoms with Crippen molar-refractivity contribution in [3.05, 3.63) is 23.5 Å². The molecule has 0 amide bonds. The monoisotopic (exact) mass is 317 g/mol. The van der Waals surface area contributed by atoms with Crippen molar-refractivity contribution >= 4 is 0 Å². The summed E-state index contributed by atoms with van der Waals surface area (Å²) in [5, 5.41) is 7.35. The Hall–Kier alpha value is -0.840. The third-order valence-electron chi connectivity index (χ3n) is 6.30. The summed E-state index contributed by atoms with van der Waals surface area (Å²) >= 11 is 0. The lowest BCUT2D eigenvalue weighted by Crippen LogP contribution is -2.50. The predicted molar refractivity (Wildman–Crippen MR) is 92.9 cm³/mol. The Morgan fingerprint density at radius 1 is 1.13 bits per heavy atom. The van der Waals surface area contributed by atoms with Gasteiger partial charge in [0.05, 0.1) is 12.8 Å². The SMILES string of the molecule is CN(C)C1CCC(C2CNC3NCC[C@@H]3C2)C=C1C1=CCCO1. The molecule has 2 fully saturated rings. The third-order valence-corrected chi connectivity index (χ3v) is 6.30. The van der Waals surface area contributed by atoms with Gasteiger partial charge in [0.15, 0.2) is 0 Å². The van der Waals surface area contributed by atoms with E-state index >= 15 is 0 Å². The van der Waals surface area contributed by atoms with E-state index in [1.54, 1.807) is 0 Å². The second kappa shape index (κ2) is 6.58. The van der Waals surface area contributed by atoms with Gasteiger partial charge in [0, 0.05) is 18.0 Å². The van der Waals surface area contributed by atoms with Crippen LogP contribution in [0, 0.1) is 17.8 Å². The fourth-order valence-corrected chi connectivity index (χ4v) is 5.03. The smallest absolute Gasteiger partial charge is 0.119 e. The molecule has 4 nitrogen and oxygen atoms in total. The first-order chi connectivity index (χ1) is 11.2. The molecule has 5 atom stereocenters. The number of piperidine rings is 1. The normalized spacial score (nSPS) is 40.6. The largest absolute Gasteiger partial charge is 0.493 e. The van der Waals surface area contributed by atoms with Gasteiger partial charge in [-0.3, -0.25) is 0 Å². The van der Waals surface area contributed by atoms with Crippen molar-refractivity contribution in [2.75, 3.05) is 33.8 Å². The second-order valence-corrected chi connectivity index (χ2v) is 7.93. The van der Waals surface area contributed by atoms with Crippen LogP contribution in [0.15, 0.2) is 23.5 Å². The van der Waals surface area contributed by atoms with Crippen molar-refractivity contribution in [2.24, 2.45) is 17.8 Å². The van der Waals surface area contributed by atoms with Gasteiger partial charge >= 0.3 is 0 Å². The van der Waals surface area contributed by atoms with Gasteiger partial charge in [0.1, 0.15) is 5.76 Å². The Kier molecular flexibility index (Phi) is 4.48. The van der Waals surface area contributed by atoms with E-state index < -0.39 is 0 Å². The van der Waals surface area contributed by atoms with E-state index in [-0.39, 0.29) is 0 Å². The third kappa shape index (κ3) is 3.09. The average molecular weight is 317 g/mol. The van der Waals surface area contributed by atoms with Crippen molar-refractivity contribution in [3.8, 4) is 0 Å². The molecule has 3 aliphatic heterocycles. The van der Waals surface area contributed by atoms with Crippen LogP contribution in [0.1, 0.15) is 32.1 Å². The summed E-state index contributed by atoms with van der Waals surface area (Å²) in [7, 11) is 4.40. The van der Waals surface area contributed by atoms with Gasteiger partial charge in [-0.1, -0.05) is 6.08 Å². The maximum Gasteiger partial charge on any atom is 0.119 e. The Bertz CT molecular complexity index is 499. The van der Waals surface area contributed by atoms with Crippen LogP contribution in [0.25, 0.3) is 0 Å². The van der Waals surface area contributed by atoms with Gasteiger partial charge in [-0.05, 0) is 76.7 Å². The molecule has 0 spiro atoms. The molecule has 1 aliphatic carbocycles. The molecule has 4 aliphatic rings. The van der Waals surface area contributed by atoms with E-state index in [1.807, 2.05) is 0 Å². The number of allylic oxidation sites excluding steroid dienone is 1. The highest BCUT2D eigenvalue weighted by atomic mass is 16.5. The Labute approximate surface area is 140 Å². The minimum atomic E-state index is 0.521. The molecule has 0 aromatic carbocycles. The molecular formula is C19H31N3O. The lowest BCUT2D eigenvalue weighted by molar-refractivity contribution is 0.170. The lowest BCUT2D eigenvalue weighted by atomic mass is 9.73. The van der Waals surface area contributed by atoms with Gasteiger partial charge in [0.2, 0.25) is 0 Å². The molecule has 4 unspecified atom stereocenters. The maximum atomic E-state index is 5.92. The minimum absolute atomic E-state index is 0.521. The van der Waals surface area contributed by atoms with Crippen LogP contribution in [0.5, 0.6) is 0 Å². The first-order valence-corrected chi connectivity index (χ1v) is 9.40. The molecular weight excluding hydrogens is 286 g/mol. The van der Waals surface area contributed by atoms with Crippen LogP contribution in [-0.2, 0) is 4.74 Å². The number of hydrogen-bond donors (Lipinski definition) is 2. The Balaban J connectivity index is 1.52. The molecule has 3 heterocycles.